The first-order valence-corrected chi connectivity index (χ1v) is 11.8. The van der Waals surface area contributed by atoms with Crippen molar-refractivity contribution in [3.8, 4) is 0 Å². The van der Waals surface area contributed by atoms with E-state index in [2.05, 4.69) is 42.5 Å². The second kappa shape index (κ2) is 6.29. The minimum Gasteiger partial charge on any atom is -0.361 e. The lowest BCUT2D eigenvalue weighted by atomic mass is 9.96. The van der Waals surface area contributed by atoms with Crippen LogP contribution in [0.1, 0.15) is 20.7 Å². The molecule has 2 aliphatic heterocycles. The Bertz CT molecular complexity index is 891. The van der Waals surface area contributed by atoms with Gasteiger partial charge in [0, 0.05) is 31.4 Å². The maximum absolute atomic E-state index is 13.5. The topological polar surface area (TPSA) is 58.2 Å². The van der Waals surface area contributed by atoms with Crippen molar-refractivity contribution in [1.82, 2.24) is 0 Å². The fourth-order valence-corrected chi connectivity index (χ4v) is 6.68. The largest absolute Gasteiger partial charge is 0.361 e. The van der Waals surface area contributed by atoms with Crippen LogP contribution < -0.4 is 10.6 Å². The molecule has 0 bridgehead atoms. The predicted octanol–water partition coefficient (Wildman–Crippen LogP) is 5.25. The molecule has 0 spiro atoms. The molecule has 8 heteroatoms. The summed E-state index contributed by atoms with van der Waals surface area (Å²) in [6, 6.07) is 11.0. The van der Waals surface area contributed by atoms with E-state index in [4.69, 9.17) is 0 Å². The van der Waals surface area contributed by atoms with Crippen molar-refractivity contribution in [2.75, 3.05) is 23.1 Å². The molecule has 2 aromatic rings. The van der Waals surface area contributed by atoms with Crippen molar-refractivity contribution in [2.24, 2.45) is 0 Å². The van der Waals surface area contributed by atoms with E-state index < -0.39 is 9.74 Å². The molecule has 0 unspecified atom stereocenters. The van der Waals surface area contributed by atoms with Crippen LogP contribution in [0.25, 0.3) is 0 Å². The van der Waals surface area contributed by atoms with E-state index in [1.54, 1.807) is 12.1 Å². The normalized spacial score (nSPS) is 26.3. The Balaban J connectivity index is 1.89. The quantitative estimate of drug-likeness (QED) is 0.584. The molecule has 2 atom stereocenters. The minimum atomic E-state index is -1.14. The third-order valence-electron chi connectivity index (χ3n) is 4.82. The van der Waals surface area contributed by atoms with Crippen LogP contribution >= 0.6 is 55.4 Å². The fourth-order valence-electron chi connectivity index (χ4n) is 3.58. The zero-order valence-electron chi connectivity index (χ0n) is 13.9. The first kappa shape index (κ1) is 18.4. The number of ketones is 2. The molecular weight excluding hydrogens is 500 g/mol. The third-order valence-corrected chi connectivity index (χ3v) is 8.35. The molecule has 26 heavy (non-hydrogen) atoms. The average Bonchev–Trinajstić information content (AvgIpc) is 3.07. The predicted molar refractivity (Wildman–Crippen MR) is 117 cm³/mol. The highest BCUT2D eigenvalue weighted by molar-refractivity contribution is 9.10. The Morgan fingerprint density at radius 3 is 1.50 bits per heavy atom. The summed E-state index contributed by atoms with van der Waals surface area (Å²) in [5, 5.41) is 6.74. The molecule has 4 rings (SSSR count). The van der Waals surface area contributed by atoms with Crippen LogP contribution in [0, 0.1) is 0 Å². The monoisotopic (exact) mass is 512 g/mol. The Morgan fingerprint density at radius 2 is 1.15 bits per heavy atom. The number of thioether (sulfide) groups is 2. The number of nitrogens with one attached hydrogen (secondary N) is 2. The fraction of sp³-hybridized carbons (Fsp3) is 0.222. The second-order valence-corrected chi connectivity index (χ2v) is 9.93. The van der Waals surface area contributed by atoms with Crippen LogP contribution in [-0.4, -0.2) is 33.8 Å². The molecule has 2 aromatic carbocycles. The first-order chi connectivity index (χ1) is 12.4. The summed E-state index contributed by atoms with van der Waals surface area (Å²) in [7, 11) is 0. The van der Waals surface area contributed by atoms with E-state index in [1.807, 2.05) is 36.8 Å². The number of anilines is 2. The van der Waals surface area contributed by atoms with Crippen molar-refractivity contribution >= 4 is 78.3 Å². The molecule has 4 nitrogen and oxygen atoms in total. The number of hydrogen-bond acceptors (Lipinski definition) is 6. The Labute approximate surface area is 176 Å². The minimum absolute atomic E-state index is 0.0884. The molecule has 0 saturated heterocycles. The summed E-state index contributed by atoms with van der Waals surface area (Å²) in [6.45, 7) is 0. The SMILES string of the molecule is CS[C@@]1([C@@]2(SC)Nc3cc(Br)ccc3C2=O)Nc2cc(Br)ccc2C1=O. The third kappa shape index (κ3) is 2.28. The van der Waals surface area contributed by atoms with Gasteiger partial charge in [0.2, 0.25) is 11.6 Å². The summed E-state index contributed by atoms with van der Waals surface area (Å²) in [4.78, 5) is 24.6. The van der Waals surface area contributed by atoms with Gasteiger partial charge in [0.15, 0.2) is 9.74 Å². The zero-order chi connectivity index (χ0) is 18.7. The number of carbonyl (C=O) groups is 2. The molecule has 0 saturated carbocycles. The zero-order valence-corrected chi connectivity index (χ0v) is 18.7. The summed E-state index contributed by atoms with van der Waals surface area (Å²) >= 11 is 9.62. The van der Waals surface area contributed by atoms with Gasteiger partial charge in [-0.05, 0) is 48.9 Å². The number of carbonyl (C=O) groups excluding carboxylic acids is 2. The van der Waals surface area contributed by atoms with Crippen LogP contribution in [0.4, 0.5) is 11.4 Å². The van der Waals surface area contributed by atoms with Gasteiger partial charge in [-0.25, -0.2) is 0 Å². The number of rotatable bonds is 3. The van der Waals surface area contributed by atoms with E-state index in [0.29, 0.717) is 11.1 Å². The maximum atomic E-state index is 13.5. The smallest absolute Gasteiger partial charge is 0.204 e. The molecule has 2 N–H and O–H groups in total. The summed E-state index contributed by atoms with van der Waals surface area (Å²) in [5.74, 6) is -0.177. The van der Waals surface area contributed by atoms with Crippen molar-refractivity contribution in [3.05, 3.63) is 56.5 Å². The number of hydrogen-bond donors (Lipinski definition) is 2. The number of benzene rings is 2. The molecule has 2 aliphatic rings. The van der Waals surface area contributed by atoms with Gasteiger partial charge in [0.1, 0.15) is 0 Å². The number of halogens is 2. The van der Waals surface area contributed by atoms with E-state index in [9.17, 15) is 9.59 Å². The van der Waals surface area contributed by atoms with E-state index in [0.717, 1.165) is 20.3 Å². The van der Waals surface area contributed by atoms with Crippen LogP contribution in [0.15, 0.2) is 45.3 Å². The van der Waals surface area contributed by atoms with Crippen molar-refractivity contribution in [1.29, 1.82) is 0 Å². The molecule has 0 fully saturated rings. The highest BCUT2D eigenvalue weighted by Gasteiger charge is 2.66. The maximum Gasteiger partial charge on any atom is 0.204 e. The Morgan fingerprint density at radius 1 is 0.769 bits per heavy atom. The van der Waals surface area contributed by atoms with Gasteiger partial charge in [-0.3, -0.25) is 9.59 Å². The van der Waals surface area contributed by atoms with Crippen molar-refractivity contribution in [2.45, 2.75) is 9.74 Å². The lowest BCUT2D eigenvalue weighted by Gasteiger charge is -2.42. The lowest BCUT2D eigenvalue weighted by Crippen LogP contribution is -2.63. The number of fused-ring (bicyclic) bond motifs is 2. The molecule has 0 aromatic heterocycles. The standard InChI is InChI=1S/C18H14Br2N2O2S2/c1-25-17(15(23)11-5-3-9(19)7-13(11)21-17)18(26-2)16(24)12-6-4-10(20)8-14(12)22-18/h3-8,21-22H,1-2H3/t17-,18+. The van der Waals surface area contributed by atoms with E-state index >= 15 is 0 Å². The molecular formula is C18H14Br2N2O2S2. The van der Waals surface area contributed by atoms with Crippen LogP contribution in [0.5, 0.6) is 0 Å². The van der Waals surface area contributed by atoms with Gasteiger partial charge < -0.3 is 10.6 Å². The highest BCUT2D eigenvalue weighted by atomic mass is 79.9. The number of Topliss-reactive ketones (excluding diaryl/α,β-unsaturated/α-hetero) is 2. The van der Waals surface area contributed by atoms with Crippen molar-refractivity contribution in [3.63, 3.8) is 0 Å². The molecule has 0 radical (unpaired) electrons. The Hall–Kier alpha value is -0.960. The molecule has 2 heterocycles. The molecule has 134 valence electrons. The van der Waals surface area contributed by atoms with Gasteiger partial charge in [-0.1, -0.05) is 31.9 Å². The van der Waals surface area contributed by atoms with Gasteiger partial charge >= 0.3 is 0 Å². The van der Waals surface area contributed by atoms with Gasteiger partial charge in [0.05, 0.1) is 0 Å². The van der Waals surface area contributed by atoms with Gasteiger partial charge in [-0.2, -0.15) is 0 Å². The van der Waals surface area contributed by atoms with Gasteiger partial charge in [-0.15, -0.1) is 23.5 Å². The van der Waals surface area contributed by atoms with Crippen LogP contribution in [0.2, 0.25) is 0 Å². The van der Waals surface area contributed by atoms with Crippen LogP contribution in [-0.2, 0) is 0 Å². The van der Waals surface area contributed by atoms with E-state index in [-0.39, 0.29) is 11.6 Å². The first-order valence-electron chi connectivity index (χ1n) is 7.74. The van der Waals surface area contributed by atoms with Crippen LogP contribution in [0.3, 0.4) is 0 Å². The van der Waals surface area contributed by atoms with Crippen molar-refractivity contribution < 1.29 is 9.59 Å². The average molecular weight is 514 g/mol. The summed E-state index contributed by atoms with van der Waals surface area (Å²) < 4.78 is 1.76. The van der Waals surface area contributed by atoms with Gasteiger partial charge in [0.25, 0.3) is 0 Å². The summed E-state index contributed by atoms with van der Waals surface area (Å²) in [5.41, 5.74) is 2.67. The van der Waals surface area contributed by atoms with E-state index in [1.165, 1.54) is 23.5 Å². The molecule has 0 aliphatic carbocycles. The summed E-state index contributed by atoms with van der Waals surface area (Å²) in [6.07, 6.45) is 3.72. The second-order valence-electron chi connectivity index (χ2n) is 6.06. The Kier molecular flexibility index (Phi) is 4.45. The molecule has 0 amide bonds. The lowest BCUT2D eigenvalue weighted by molar-refractivity contribution is 0.0874. The highest BCUT2D eigenvalue weighted by Crippen LogP contribution is 2.55.